The van der Waals surface area contributed by atoms with E-state index < -0.39 is 0 Å². The number of anilines is 8. The van der Waals surface area contributed by atoms with Crippen LogP contribution in [0, 0.1) is 0 Å². The lowest BCUT2D eigenvalue weighted by Gasteiger charge is -2.53. The van der Waals surface area contributed by atoms with E-state index in [9.17, 15) is 0 Å². The molecule has 426 valence electrons. The fourth-order valence-corrected chi connectivity index (χ4v) is 19.8. The molecular formula is C79H80BN3OS. The Balaban J connectivity index is 1.03. The predicted octanol–water partition coefficient (Wildman–Crippen LogP) is 20.4. The molecule has 0 bridgehead atoms. The first-order valence-electron chi connectivity index (χ1n) is 32.2. The third-order valence-electron chi connectivity index (χ3n) is 23.3. The van der Waals surface area contributed by atoms with E-state index in [0.717, 1.165) is 45.4 Å². The van der Waals surface area contributed by atoms with Gasteiger partial charge in [-0.3, -0.25) is 0 Å². The molecule has 4 nitrogen and oxygen atoms in total. The number of hydrogen-bond donors (Lipinski definition) is 0. The van der Waals surface area contributed by atoms with Gasteiger partial charge in [0.1, 0.15) is 5.58 Å². The van der Waals surface area contributed by atoms with Crippen LogP contribution in [0.1, 0.15) is 186 Å². The zero-order valence-corrected chi connectivity index (χ0v) is 53.0. The fraction of sp³-hybridized carbons (Fsp3) is 0.367. The summed E-state index contributed by atoms with van der Waals surface area (Å²) in [5.41, 5.74) is 27.9. The molecule has 0 N–H and O–H groups in total. The lowest BCUT2D eigenvalue weighted by Crippen LogP contribution is -2.64. The van der Waals surface area contributed by atoms with Crippen LogP contribution in [0.15, 0.2) is 150 Å². The second-order valence-electron chi connectivity index (χ2n) is 30.9. The standard InChI is InChI=1S/C79H80BN3OS/c1-73(2,3)47-28-30-48(31-29-47)81(62-26-21-24-54-53-23-14-16-27-65(53)84-71(54)62)50-43-63-68-64(44-50)83-70-61(35-34-57(74(4,5)6)67(70)77(11)36-17-18-37-78(77,83)12)80(68)72-69(55-45-59-60(46-66(55)85-72)76(9,10)41-40-75(59,7)8)82(63)49-32-33-52-51-22-13-15-25-56(51)79(58(52)42-49)38-19-20-39-79/h13-16,21-35,42-46H,17-20,36-41H2,1-12H3. The van der Waals surface area contributed by atoms with Crippen molar-refractivity contribution in [3.05, 3.63) is 185 Å². The van der Waals surface area contributed by atoms with Gasteiger partial charge in [-0.2, -0.15) is 0 Å². The van der Waals surface area contributed by atoms with Crippen LogP contribution in [0.25, 0.3) is 43.2 Å². The fourth-order valence-electron chi connectivity index (χ4n) is 18.5. The highest BCUT2D eigenvalue weighted by Gasteiger charge is 2.63. The third-order valence-corrected chi connectivity index (χ3v) is 24.5. The van der Waals surface area contributed by atoms with Crippen molar-refractivity contribution < 1.29 is 4.42 Å². The molecule has 1 spiro atoms. The van der Waals surface area contributed by atoms with Crippen LogP contribution < -0.4 is 30.4 Å². The smallest absolute Gasteiger partial charge is 0.264 e. The Morgan fingerprint density at radius 1 is 0.541 bits per heavy atom. The van der Waals surface area contributed by atoms with Gasteiger partial charge < -0.3 is 19.1 Å². The van der Waals surface area contributed by atoms with Gasteiger partial charge in [0.2, 0.25) is 0 Å². The SMILES string of the molecule is CC(C)(C)c1ccc(N(c2cc3c4c(c2)N2c5c(ccc(C(C)(C)C)c5C5(C)CCCCC25C)B4c2sc4cc5c(cc4c2N3c2ccc3c(c2)C2(CCCC2)c2ccccc2-3)C(C)(C)CCC5(C)C)c2cccc3c2oc2ccccc23)cc1. The molecule has 85 heavy (non-hydrogen) atoms. The van der Waals surface area contributed by atoms with Crippen molar-refractivity contribution >= 4 is 111 Å². The van der Waals surface area contributed by atoms with E-state index in [1.54, 1.807) is 5.56 Å². The number of hydrogen-bond acceptors (Lipinski definition) is 5. The average molecular weight is 1130 g/mol. The van der Waals surface area contributed by atoms with Crippen LogP contribution >= 0.6 is 11.3 Å². The molecular weight excluding hydrogens is 1050 g/mol. The van der Waals surface area contributed by atoms with Crippen LogP contribution in [-0.4, -0.2) is 12.3 Å². The van der Waals surface area contributed by atoms with Gasteiger partial charge in [-0.1, -0.05) is 187 Å². The Morgan fingerprint density at radius 2 is 1.22 bits per heavy atom. The number of thiophene rings is 1. The first-order valence-corrected chi connectivity index (χ1v) is 33.1. The van der Waals surface area contributed by atoms with Gasteiger partial charge in [-0.15, -0.1) is 11.3 Å². The van der Waals surface area contributed by atoms with Gasteiger partial charge >= 0.3 is 0 Å². The highest BCUT2D eigenvalue weighted by Crippen LogP contribution is 2.65. The summed E-state index contributed by atoms with van der Waals surface area (Å²) >= 11 is 2.10. The molecule has 8 aromatic carbocycles. The molecule has 4 aliphatic carbocycles. The summed E-state index contributed by atoms with van der Waals surface area (Å²) in [5.74, 6) is 0. The molecule has 5 heterocycles. The van der Waals surface area contributed by atoms with Crippen molar-refractivity contribution in [1.82, 2.24) is 0 Å². The Morgan fingerprint density at radius 3 is 1.99 bits per heavy atom. The number of fused-ring (bicyclic) bond motifs is 18. The van der Waals surface area contributed by atoms with Crippen molar-refractivity contribution in [3.63, 3.8) is 0 Å². The minimum Gasteiger partial charge on any atom is -0.454 e. The molecule has 0 amide bonds. The number of para-hydroxylation sites is 2. The summed E-state index contributed by atoms with van der Waals surface area (Å²) < 4.78 is 10.0. The van der Waals surface area contributed by atoms with Gasteiger partial charge in [-0.25, -0.2) is 0 Å². The average Bonchev–Trinajstić information content (AvgIpc) is 1.53. The van der Waals surface area contributed by atoms with E-state index >= 15 is 0 Å². The summed E-state index contributed by atoms with van der Waals surface area (Å²) in [6, 6.07) is 57.9. The largest absolute Gasteiger partial charge is 0.454 e. The van der Waals surface area contributed by atoms with Gasteiger partial charge in [0.15, 0.2) is 5.58 Å². The van der Waals surface area contributed by atoms with E-state index in [-0.39, 0.29) is 44.7 Å². The monoisotopic (exact) mass is 1130 g/mol. The van der Waals surface area contributed by atoms with Crippen molar-refractivity contribution in [2.24, 2.45) is 0 Å². The number of nitrogens with zero attached hydrogens (tertiary/aromatic N) is 3. The Labute approximate surface area is 508 Å². The lowest BCUT2D eigenvalue weighted by atomic mass is 9.36. The first kappa shape index (κ1) is 52.3. The van der Waals surface area contributed by atoms with E-state index in [0.29, 0.717) is 0 Å². The molecule has 3 aliphatic heterocycles. The lowest BCUT2D eigenvalue weighted by molar-refractivity contribution is 0.193. The van der Waals surface area contributed by atoms with Crippen LogP contribution in [-0.2, 0) is 32.5 Å². The van der Waals surface area contributed by atoms with Crippen molar-refractivity contribution in [2.75, 3.05) is 14.7 Å². The summed E-state index contributed by atoms with van der Waals surface area (Å²) in [7, 11) is 0. The quantitative estimate of drug-likeness (QED) is 0.164. The number of furan rings is 1. The van der Waals surface area contributed by atoms with E-state index in [1.165, 1.54) is 157 Å². The molecule has 17 rings (SSSR count). The Bertz CT molecular complexity index is 4530. The third kappa shape index (κ3) is 6.87. The van der Waals surface area contributed by atoms with Crippen LogP contribution in [0.3, 0.4) is 0 Å². The summed E-state index contributed by atoms with van der Waals surface area (Å²) in [4.78, 5) is 8.36. The maximum atomic E-state index is 7.13. The van der Waals surface area contributed by atoms with Gasteiger partial charge in [0.25, 0.3) is 6.71 Å². The van der Waals surface area contributed by atoms with Crippen LogP contribution in [0.4, 0.5) is 45.5 Å². The highest BCUT2D eigenvalue weighted by atomic mass is 32.1. The Hall–Kier alpha value is -7.02. The molecule has 2 fully saturated rings. The normalized spacial score (nSPS) is 21.7. The molecule has 6 heteroatoms. The molecule has 7 aliphatic rings. The zero-order valence-electron chi connectivity index (χ0n) is 52.2. The molecule has 0 radical (unpaired) electrons. The van der Waals surface area contributed by atoms with E-state index in [4.69, 9.17) is 4.42 Å². The van der Waals surface area contributed by atoms with Crippen molar-refractivity contribution in [3.8, 4) is 11.1 Å². The highest BCUT2D eigenvalue weighted by molar-refractivity contribution is 7.33. The summed E-state index contributed by atoms with van der Waals surface area (Å²) in [5, 5.41) is 3.66. The summed E-state index contributed by atoms with van der Waals surface area (Å²) in [6.07, 6.45) is 12.0. The molecule has 2 atom stereocenters. The topological polar surface area (TPSA) is 22.9 Å². The first-order chi connectivity index (χ1) is 40.6. The predicted molar refractivity (Wildman–Crippen MR) is 363 cm³/mol. The second-order valence-corrected chi connectivity index (χ2v) is 32.0. The maximum Gasteiger partial charge on any atom is 0.264 e. The van der Waals surface area contributed by atoms with Crippen LogP contribution in [0.5, 0.6) is 0 Å². The molecule has 2 saturated carbocycles. The number of benzene rings is 8. The van der Waals surface area contributed by atoms with Crippen molar-refractivity contribution in [1.29, 1.82) is 0 Å². The summed E-state index contributed by atoms with van der Waals surface area (Å²) in [6.45, 7) is 29.8. The zero-order chi connectivity index (χ0) is 58.3. The Kier molecular flexibility index (Phi) is 10.6. The minimum absolute atomic E-state index is 0.00667. The molecule has 2 aromatic heterocycles. The van der Waals surface area contributed by atoms with Gasteiger partial charge in [-0.05, 0) is 189 Å². The van der Waals surface area contributed by atoms with E-state index in [1.807, 2.05) is 0 Å². The van der Waals surface area contributed by atoms with Gasteiger partial charge in [0.05, 0.1) is 22.6 Å². The van der Waals surface area contributed by atoms with Crippen LogP contribution in [0.2, 0.25) is 0 Å². The second kappa shape index (κ2) is 17.2. The number of rotatable bonds is 4. The minimum atomic E-state index is -0.186. The van der Waals surface area contributed by atoms with Crippen molar-refractivity contribution in [2.45, 2.75) is 185 Å². The van der Waals surface area contributed by atoms with E-state index in [2.05, 4.69) is 255 Å². The molecule has 2 unspecified atom stereocenters. The molecule has 10 aromatic rings. The van der Waals surface area contributed by atoms with Gasteiger partial charge in [0, 0.05) is 64.9 Å². The maximum absolute atomic E-state index is 7.13. The molecule has 0 saturated heterocycles.